The highest BCUT2D eigenvalue weighted by atomic mass is 16.6. The van der Waals surface area contributed by atoms with E-state index in [-0.39, 0.29) is 50.8 Å². The average molecular weight is 581 g/mol. The van der Waals surface area contributed by atoms with E-state index in [9.17, 15) is 39.4 Å². The molecule has 2 fully saturated rings. The van der Waals surface area contributed by atoms with Gasteiger partial charge in [-0.3, -0.25) is 39.8 Å². The number of nitrogens with zero attached hydrogens (tertiary/aromatic N) is 6. The lowest BCUT2D eigenvalue weighted by atomic mass is 9.90. The van der Waals surface area contributed by atoms with Crippen molar-refractivity contribution in [2.24, 2.45) is 0 Å². The van der Waals surface area contributed by atoms with Crippen LogP contribution in [0, 0.1) is 20.2 Å². The van der Waals surface area contributed by atoms with Gasteiger partial charge in [0.05, 0.1) is 49.2 Å². The third-order valence-electron chi connectivity index (χ3n) is 8.21. The van der Waals surface area contributed by atoms with Gasteiger partial charge in [0, 0.05) is 24.3 Å². The Morgan fingerprint density at radius 1 is 0.690 bits per heavy atom. The van der Waals surface area contributed by atoms with Crippen LogP contribution in [0.25, 0.3) is 0 Å². The molecule has 218 valence electrons. The molecular formula is C26H24N6O10. The van der Waals surface area contributed by atoms with Crippen LogP contribution in [0.5, 0.6) is 0 Å². The summed E-state index contributed by atoms with van der Waals surface area (Å²) in [6.45, 7) is 1.41. The van der Waals surface area contributed by atoms with Gasteiger partial charge in [0.25, 0.3) is 22.7 Å². The van der Waals surface area contributed by atoms with E-state index in [1.807, 2.05) is 0 Å². The summed E-state index contributed by atoms with van der Waals surface area (Å²) in [6, 6.07) is 6.23. The maximum atomic E-state index is 14.4. The van der Waals surface area contributed by atoms with Crippen LogP contribution in [0.3, 0.4) is 0 Å². The maximum Gasteiger partial charge on any atom is 0.358 e. The zero-order chi connectivity index (χ0) is 30.1. The van der Waals surface area contributed by atoms with Crippen LogP contribution in [-0.2, 0) is 45.2 Å². The zero-order valence-corrected chi connectivity index (χ0v) is 22.5. The Hall–Kier alpha value is -5.28. The highest BCUT2D eigenvalue weighted by molar-refractivity contribution is 6.09. The molecule has 0 unspecified atom stereocenters. The van der Waals surface area contributed by atoms with E-state index in [1.165, 1.54) is 50.2 Å². The number of carbonyl (C=O) groups excluding carboxylic acids is 4. The fraction of sp³-hybridized carbons (Fsp3) is 0.385. The van der Waals surface area contributed by atoms with Crippen LogP contribution in [0.4, 0.5) is 21.0 Å². The van der Waals surface area contributed by atoms with Crippen molar-refractivity contribution in [3.05, 3.63) is 78.9 Å². The number of rotatable bonds is 6. The Morgan fingerprint density at radius 2 is 1.02 bits per heavy atom. The first-order valence-electron chi connectivity index (χ1n) is 13.1. The molecule has 0 bridgehead atoms. The standard InChI is InChI=1S/C26H24N6O10/c1-3-41-21(33)25-26(22(34)42-4-2)28-12-16-6-8-20(32(39)40)10-18(16)14-30(26)23(35)27(25)11-15-5-7-19(31(37)38)9-17(15)13-29(25)24(28)36/h5-10H,3-4,11-14H2,1-2H3/t25-,26-/m1/s1. The second kappa shape index (κ2) is 9.12. The molecule has 0 saturated carbocycles. The van der Waals surface area contributed by atoms with E-state index in [1.54, 1.807) is 0 Å². The van der Waals surface area contributed by atoms with Gasteiger partial charge in [-0.15, -0.1) is 0 Å². The predicted molar refractivity (Wildman–Crippen MR) is 138 cm³/mol. The van der Waals surface area contributed by atoms with Gasteiger partial charge in [0.1, 0.15) is 0 Å². The van der Waals surface area contributed by atoms with Crippen LogP contribution >= 0.6 is 0 Å². The van der Waals surface area contributed by atoms with Crippen molar-refractivity contribution >= 4 is 35.4 Å². The van der Waals surface area contributed by atoms with Crippen molar-refractivity contribution in [1.82, 2.24) is 19.6 Å². The van der Waals surface area contributed by atoms with Crippen LogP contribution in [0.15, 0.2) is 36.4 Å². The normalized spacial score (nSPS) is 23.5. The smallest absolute Gasteiger partial charge is 0.358 e. The minimum absolute atomic E-state index is 0.158. The number of nitro groups is 2. The number of benzene rings is 2. The maximum absolute atomic E-state index is 14.4. The lowest BCUT2D eigenvalue weighted by Crippen LogP contribution is -2.75. The number of hydrogen-bond acceptors (Lipinski definition) is 10. The van der Waals surface area contributed by atoms with E-state index in [2.05, 4.69) is 0 Å². The van der Waals surface area contributed by atoms with Gasteiger partial charge in [0.2, 0.25) is 0 Å². The lowest BCUT2D eigenvalue weighted by Gasteiger charge is -2.43. The quantitative estimate of drug-likeness (QED) is 0.279. The number of esters is 2. The van der Waals surface area contributed by atoms with Crippen molar-refractivity contribution in [2.45, 2.75) is 51.4 Å². The Labute approximate surface area is 237 Å². The fourth-order valence-corrected chi connectivity index (χ4v) is 6.54. The van der Waals surface area contributed by atoms with Crippen molar-refractivity contribution in [3.63, 3.8) is 0 Å². The summed E-state index contributed by atoms with van der Waals surface area (Å²) in [5.74, 6) is -2.13. The van der Waals surface area contributed by atoms with E-state index in [0.29, 0.717) is 22.3 Å². The minimum Gasteiger partial charge on any atom is -0.463 e. The number of non-ortho nitro benzene ring substituents is 2. The van der Waals surface area contributed by atoms with Crippen molar-refractivity contribution in [1.29, 1.82) is 0 Å². The molecule has 4 aliphatic heterocycles. The molecule has 0 aliphatic carbocycles. The van der Waals surface area contributed by atoms with E-state index in [0.717, 1.165) is 19.6 Å². The number of urea groups is 2. The first-order valence-corrected chi connectivity index (χ1v) is 13.1. The molecule has 0 aromatic heterocycles. The molecule has 2 saturated heterocycles. The van der Waals surface area contributed by atoms with Crippen LogP contribution in [-0.4, -0.2) is 78.0 Å². The molecule has 16 nitrogen and oxygen atoms in total. The zero-order valence-electron chi connectivity index (χ0n) is 22.5. The van der Waals surface area contributed by atoms with Gasteiger partial charge < -0.3 is 9.47 Å². The Kier molecular flexibility index (Phi) is 5.84. The number of ether oxygens (including phenoxy) is 2. The molecule has 16 heteroatoms. The van der Waals surface area contributed by atoms with Crippen LogP contribution in [0.1, 0.15) is 36.1 Å². The number of carbonyl (C=O) groups is 4. The molecule has 0 N–H and O–H groups in total. The number of fused-ring (bicyclic) bond motifs is 2. The summed E-state index contributed by atoms with van der Waals surface area (Å²) in [5.41, 5.74) is -3.86. The van der Waals surface area contributed by atoms with Crippen LogP contribution < -0.4 is 0 Å². The summed E-state index contributed by atoms with van der Waals surface area (Å²) in [7, 11) is 0. The summed E-state index contributed by atoms with van der Waals surface area (Å²) >= 11 is 0. The molecule has 2 aromatic carbocycles. The summed E-state index contributed by atoms with van der Waals surface area (Å²) in [5, 5.41) is 23.1. The Bertz CT molecular complexity index is 1490. The highest BCUT2D eigenvalue weighted by Gasteiger charge is 2.87. The van der Waals surface area contributed by atoms with E-state index in [4.69, 9.17) is 9.47 Å². The third-order valence-corrected chi connectivity index (χ3v) is 8.21. The average Bonchev–Trinajstić information content (AvgIpc) is 3.13. The van der Waals surface area contributed by atoms with Crippen molar-refractivity contribution in [2.75, 3.05) is 13.2 Å². The first-order chi connectivity index (χ1) is 20.0. The Morgan fingerprint density at radius 3 is 1.33 bits per heavy atom. The van der Waals surface area contributed by atoms with Gasteiger partial charge in [-0.2, -0.15) is 0 Å². The minimum atomic E-state index is -2.40. The van der Waals surface area contributed by atoms with E-state index >= 15 is 0 Å². The molecule has 42 heavy (non-hydrogen) atoms. The van der Waals surface area contributed by atoms with E-state index < -0.39 is 45.2 Å². The fourth-order valence-electron chi connectivity index (χ4n) is 6.54. The second-order valence-electron chi connectivity index (χ2n) is 10.1. The molecule has 0 spiro atoms. The predicted octanol–water partition coefficient (Wildman–Crippen LogP) is 2.22. The van der Waals surface area contributed by atoms with Gasteiger partial charge in [-0.25, -0.2) is 19.2 Å². The SMILES string of the molecule is CCOC(=O)[C@@]12N3Cc4ccc([N+](=O)[O-])cc4CN1C(=O)N1Cc4ccc([N+](=O)[O-])cc4CN(C3=O)[C@@]12C(=O)OCC. The van der Waals surface area contributed by atoms with Gasteiger partial charge in [0.15, 0.2) is 0 Å². The summed E-state index contributed by atoms with van der Waals surface area (Å²) in [6.07, 6.45) is 0. The second-order valence-corrected chi connectivity index (χ2v) is 10.1. The summed E-state index contributed by atoms with van der Waals surface area (Å²) in [4.78, 5) is 83.5. The van der Waals surface area contributed by atoms with Crippen molar-refractivity contribution in [3.8, 4) is 0 Å². The molecule has 4 heterocycles. The Balaban J connectivity index is 1.66. The van der Waals surface area contributed by atoms with Crippen molar-refractivity contribution < 1.29 is 38.5 Å². The topological polar surface area (TPSA) is 186 Å². The monoisotopic (exact) mass is 580 g/mol. The molecule has 2 atom stereocenters. The van der Waals surface area contributed by atoms with Gasteiger partial charge in [-0.05, 0) is 36.1 Å². The first kappa shape index (κ1) is 26.9. The molecule has 4 amide bonds. The highest BCUT2D eigenvalue weighted by Crippen LogP contribution is 2.57. The molecule has 4 aliphatic rings. The molecule has 2 aromatic rings. The molecule has 6 rings (SSSR count). The van der Waals surface area contributed by atoms with Crippen LogP contribution in [0.2, 0.25) is 0 Å². The number of nitro benzene ring substituents is 2. The molecular weight excluding hydrogens is 556 g/mol. The third kappa shape index (κ3) is 3.16. The van der Waals surface area contributed by atoms with Gasteiger partial charge >= 0.3 is 24.0 Å². The number of amides is 4. The largest absolute Gasteiger partial charge is 0.463 e. The van der Waals surface area contributed by atoms with Gasteiger partial charge in [-0.1, -0.05) is 12.1 Å². The molecule has 0 radical (unpaired) electrons. The summed E-state index contributed by atoms with van der Waals surface area (Å²) < 4.78 is 11.0. The number of hydrogen-bond donors (Lipinski definition) is 0. The lowest BCUT2D eigenvalue weighted by molar-refractivity contribution is -0.385.